The zero-order valence-electron chi connectivity index (χ0n) is 15.6. The highest BCUT2D eigenvalue weighted by atomic mass is 32.2. The van der Waals surface area contributed by atoms with Gasteiger partial charge in [-0.2, -0.15) is 0 Å². The molecule has 2 aliphatic rings. The topological polar surface area (TPSA) is 95.6 Å². The summed E-state index contributed by atoms with van der Waals surface area (Å²) < 4.78 is 27.7. The Labute approximate surface area is 160 Å². The molecular formula is C19H27N3O4S. The van der Waals surface area contributed by atoms with E-state index in [4.69, 9.17) is 0 Å². The van der Waals surface area contributed by atoms with Crippen molar-refractivity contribution in [2.75, 3.05) is 13.6 Å². The van der Waals surface area contributed by atoms with E-state index in [1.165, 1.54) is 18.6 Å². The quantitative estimate of drug-likeness (QED) is 0.768. The third kappa shape index (κ3) is 4.87. The van der Waals surface area contributed by atoms with Crippen LogP contribution in [0.4, 0.5) is 0 Å². The minimum Gasteiger partial charge on any atom is -0.352 e. The predicted molar refractivity (Wildman–Crippen MR) is 102 cm³/mol. The Balaban J connectivity index is 1.68. The minimum atomic E-state index is -3.74. The van der Waals surface area contributed by atoms with Crippen LogP contribution < -0.4 is 10.0 Å². The molecule has 0 unspecified atom stereocenters. The molecule has 2 N–H and O–H groups in total. The van der Waals surface area contributed by atoms with Gasteiger partial charge in [-0.3, -0.25) is 9.59 Å². The van der Waals surface area contributed by atoms with E-state index in [-0.39, 0.29) is 35.3 Å². The van der Waals surface area contributed by atoms with Crippen molar-refractivity contribution in [2.45, 2.75) is 61.9 Å². The highest BCUT2D eigenvalue weighted by Crippen LogP contribution is 2.23. The maximum Gasteiger partial charge on any atom is 0.253 e. The van der Waals surface area contributed by atoms with Crippen LogP contribution >= 0.6 is 0 Å². The number of hydrogen-bond donors (Lipinski definition) is 2. The van der Waals surface area contributed by atoms with Crippen LogP contribution in [0.3, 0.4) is 0 Å². The second-order valence-electron chi connectivity index (χ2n) is 7.39. The van der Waals surface area contributed by atoms with Crippen molar-refractivity contribution >= 4 is 21.8 Å². The summed E-state index contributed by atoms with van der Waals surface area (Å²) in [6.45, 7) is 0.147. The average Bonchev–Trinajstić information content (AvgIpc) is 3.11. The Morgan fingerprint density at radius 1 is 1.22 bits per heavy atom. The maximum atomic E-state index is 12.8. The van der Waals surface area contributed by atoms with Crippen molar-refractivity contribution in [3.8, 4) is 0 Å². The Morgan fingerprint density at radius 2 is 1.96 bits per heavy atom. The highest BCUT2D eigenvalue weighted by molar-refractivity contribution is 7.89. The summed E-state index contributed by atoms with van der Waals surface area (Å²) in [4.78, 5) is 25.8. The van der Waals surface area contributed by atoms with E-state index in [9.17, 15) is 18.0 Å². The molecule has 1 aromatic rings. The Morgan fingerprint density at radius 3 is 2.63 bits per heavy atom. The molecule has 27 heavy (non-hydrogen) atoms. The predicted octanol–water partition coefficient (Wildman–Crippen LogP) is 1.65. The van der Waals surface area contributed by atoms with Crippen LogP contribution in [0.25, 0.3) is 0 Å². The van der Waals surface area contributed by atoms with Crippen molar-refractivity contribution in [1.29, 1.82) is 0 Å². The first kappa shape index (κ1) is 19.8. The first-order valence-electron chi connectivity index (χ1n) is 9.53. The van der Waals surface area contributed by atoms with Crippen molar-refractivity contribution in [1.82, 2.24) is 14.9 Å². The van der Waals surface area contributed by atoms with Gasteiger partial charge in [0.1, 0.15) is 0 Å². The number of hydrogen-bond acceptors (Lipinski definition) is 4. The molecular weight excluding hydrogens is 366 g/mol. The number of nitrogens with zero attached hydrogens (tertiary/aromatic N) is 1. The summed E-state index contributed by atoms with van der Waals surface area (Å²) in [5.74, 6) is -0.209. The van der Waals surface area contributed by atoms with Gasteiger partial charge >= 0.3 is 0 Å². The Hall–Kier alpha value is -1.93. The molecule has 2 fully saturated rings. The standard InChI is InChI=1S/C19H27N3O4S/c1-22(16-7-3-2-4-8-16)19(24)14-6-5-9-17(12-14)27(25,26)20-13-15-10-11-18(23)21-15/h5-6,9,12,15-16,20H,2-4,7-8,10-11,13H2,1H3,(H,21,23)/t15-/m1/s1. The van der Waals surface area contributed by atoms with Gasteiger partial charge in [-0.1, -0.05) is 25.3 Å². The van der Waals surface area contributed by atoms with Crippen LogP contribution in [0, 0.1) is 0 Å². The number of carbonyl (C=O) groups excluding carboxylic acids is 2. The molecule has 1 atom stereocenters. The summed E-state index contributed by atoms with van der Waals surface area (Å²) in [5, 5.41) is 2.73. The molecule has 1 heterocycles. The summed E-state index contributed by atoms with van der Waals surface area (Å²) in [7, 11) is -1.95. The summed E-state index contributed by atoms with van der Waals surface area (Å²) >= 11 is 0. The fourth-order valence-corrected chi connectivity index (χ4v) is 4.89. The van der Waals surface area contributed by atoms with E-state index in [0.29, 0.717) is 18.4 Å². The van der Waals surface area contributed by atoms with Crippen molar-refractivity contribution in [3.05, 3.63) is 29.8 Å². The van der Waals surface area contributed by atoms with Gasteiger partial charge in [-0.15, -0.1) is 0 Å². The van der Waals surface area contributed by atoms with Crippen LogP contribution in [-0.2, 0) is 14.8 Å². The van der Waals surface area contributed by atoms with Gasteiger partial charge in [-0.25, -0.2) is 13.1 Å². The second-order valence-corrected chi connectivity index (χ2v) is 9.16. The van der Waals surface area contributed by atoms with Crippen LogP contribution in [0.1, 0.15) is 55.3 Å². The number of amides is 2. The van der Waals surface area contributed by atoms with E-state index in [1.807, 2.05) is 0 Å². The zero-order chi connectivity index (χ0) is 19.4. The molecule has 3 rings (SSSR count). The SMILES string of the molecule is CN(C(=O)c1cccc(S(=O)(=O)NC[C@H]2CCC(=O)N2)c1)C1CCCCC1. The molecule has 1 aromatic carbocycles. The molecule has 148 valence electrons. The molecule has 2 amide bonds. The monoisotopic (exact) mass is 393 g/mol. The van der Waals surface area contributed by atoms with Crippen molar-refractivity contribution in [2.24, 2.45) is 0 Å². The fourth-order valence-electron chi connectivity index (χ4n) is 3.76. The molecule has 1 saturated heterocycles. The second kappa shape index (κ2) is 8.39. The van der Waals surface area contributed by atoms with E-state index >= 15 is 0 Å². The Bertz CT molecular complexity index is 803. The van der Waals surface area contributed by atoms with Gasteiger partial charge in [0.05, 0.1) is 4.90 Å². The third-order valence-electron chi connectivity index (χ3n) is 5.44. The highest BCUT2D eigenvalue weighted by Gasteiger charge is 2.26. The molecule has 7 nitrogen and oxygen atoms in total. The molecule has 0 spiro atoms. The molecule has 0 bridgehead atoms. The van der Waals surface area contributed by atoms with Crippen LogP contribution in [0.5, 0.6) is 0 Å². The summed E-state index contributed by atoms with van der Waals surface area (Å²) in [6.07, 6.45) is 6.48. The summed E-state index contributed by atoms with van der Waals surface area (Å²) in [6, 6.07) is 6.18. The van der Waals surface area contributed by atoms with E-state index < -0.39 is 10.0 Å². The lowest BCUT2D eigenvalue weighted by Gasteiger charge is -2.31. The maximum absolute atomic E-state index is 12.8. The van der Waals surface area contributed by atoms with Crippen LogP contribution in [0.2, 0.25) is 0 Å². The lowest BCUT2D eigenvalue weighted by molar-refractivity contribution is -0.119. The van der Waals surface area contributed by atoms with Gasteiger partial charge in [-0.05, 0) is 37.5 Å². The minimum absolute atomic E-state index is 0.0578. The lowest BCUT2D eigenvalue weighted by atomic mass is 9.94. The third-order valence-corrected chi connectivity index (χ3v) is 6.86. The smallest absolute Gasteiger partial charge is 0.253 e. The van der Waals surface area contributed by atoms with E-state index in [2.05, 4.69) is 10.0 Å². The number of sulfonamides is 1. The van der Waals surface area contributed by atoms with E-state index in [1.54, 1.807) is 24.1 Å². The molecule has 0 aromatic heterocycles. The van der Waals surface area contributed by atoms with Gasteiger partial charge < -0.3 is 10.2 Å². The Kier molecular flexibility index (Phi) is 6.16. The molecule has 1 aliphatic heterocycles. The number of nitrogens with one attached hydrogen (secondary N) is 2. The van der Waals surface area contributed by atoms with Crippen molar-refractivity contribution < 1.29 is 18.0 Å². The van der Waals surface area contributed by atoms with Gasteiger partial charge in [0.25, 0.3) is 5.91 Å². The first-order valence-corrected chi connectivity index (χ1v) is 11.0. The normalized spacial score (nSPS) is 21.1. The first-order chi connectivity index (χ1) is 12.9. The number of carbonyl (C=O) groups is 2. The largest absolute Gasteiger partial charge is 0.352 e. The van der Waals surface area contributed by atoms with E-state index in [0.717, 1.165) is 25.7 Å². The molecule has 1 saturated carbocycles. The van der Waals surface area contributed by atoms with Crippen molar-refractivity contribution in [3.63, 3.8) is 0 Å². The van der Waals surface area contributed by atoms with Crippen LogP contribution in [0.15, 0.2) is 29.2 Å². The lowest BCUT2D eigenvalue weighted by Crippen LogP contribution is -2.39. The summed E-state index contributed by atoms with van der Waals surface area (Å²) in [5.41, 5.74) is 0.375. The average molecular weight is 394 g/mol. The zero-order valence-corrected chi connectivity index (χ0v) is 16.4. The molecule has 0 radical (unpaired) electrons. The van der Waals surface area contributed by atoms with Gasteiger partial charge in [0.15, 0.2) is 0 Å². The van der Waals surface area contributed by atoms with Crippen LogP contribution in [-0.4, -0.2) is 50.8 Å². The van der Waals surface area contributed by atoms with Gasteiger partial charge in [0, 0.05) is 37.7 Å². The molecule has 1 aliphatic carbocycles. The van der Waals surface area contributed by atoms with Gasteiger partial charge in [0.2, 0.25) is 15.9 Å². The fraction of sp³-hybridized carbons (Fsp3) is 0.579. The number of rotatable bonds is 6. The number of benzene rings is 1. The molecule has 8 heteroatoms.